The van der Waals surface area contributed by atoms with Crippen molar-refractivity contribution in [2.75, 3.05) is 4.72 Å². The highest BCUT2D eigenvalue weighted by Gasteiger charge is 2.14. The predicted octanol–water partition coefficient (Wildman–Crippen LogP) is 6.23. The first-order chi connectivity index (χ1) is 12.9. The maximum Gasteiger partial charge on any atom is 0.236 e. The Bertz CT molecular complexity index is 1020. The third-order valence-corrected chi connectivity index (χ3v) is 6.58. The molecule has 0 bridgehead atoms. The molecule has 0 radical (unpaired) electrons. The van der Waals surface area contributed by atoms with Crippen molar-refractivity contribution in [2.24, 2.45) is 0 Å². The van der Waals surface area contributed by atoms with E-state index in [-0.39, 0.29) is 5.75 Å². The van der Waals surface area contributed by atoms with Gasteiger partial charge in [0.25, 0.3) is 0 Å². The summed E-state index contributed by atoms with van der Waals surface area (Å²) >= 11 is 13.4. The third kappa shape index (κ3) is 6.18. The van der Waals surface area contributed by atoms with Crippen molar-refractivity contribution in [3.8, 4) is 0 Å². The van der Waals surface area contributed by atoms with E-state index in [4.69, 9.17) is 23.2 Å². The lowest BCUT2D eigenvalue weighted by Crippen LogP contribution is -2.15. The Balaban J connectivity index is 1.72. The lowest BCUT2D eigenvalue weighted by Gasteiger charge is -2.12. The second kappa shape index (κ2) is 9.02. The highest BCUT2D eigenvalue weighted by atomic mass is 35.5. The fourth-order valence-electron chi connectivity index (χ4n) is 2.47. The van der Waals surface area contributed by atoms with Crippen LogP contribution < -0.4 is 4.72 Å². The zero-order valence-electron chi connectivity index (χ0n) is 14.2. The van der Waals surface area contributed by atoms with Gasteiger partial charge in [0, 0.05) is 20.7 Å². The largest absolute Gasteiger partial charge is 0.282 e. The van der Waals surface area contributed by atoms with E-state index in [9.17, 15) is 8.42 Å². The van der Waals surface area contributed by atoms with Gasteiger partial charge in [-0.15, -0.1) is 11.8 Å². The minimum atomic E-state index is -3.55. The molecule has 3 rings (SSSR count). The van der Waals surface area contributed by atoms with Crippen molar-refractivity contribution in [3.05, 3.63) is 94.0 Å². The Hall–Kier alpha value is -1.66. The molecule has 0 aromatic heterocycles. The smallest absolute Gasteiger partial charge is 0.236 e. The van der Waals surface area contributed by atoms with Crippen molar-refractivity contribution >= 4 is 50.7 Å². The molecule has 0 atom stereocenters. The Morgan fingerprint density at radius 3 is 2.30 bits per heavy atom. The molecule has 0 aliphatic carbocycles. The van der Waals surface area contributed by atoms with E-state index in [1.807, 2.05) is 42.5 Å². The van der Waals surface area contributed by atoms with Gasteiger partial charge in [-0.2, -0.15) is 0 Å². The Morgan fingerprint density at radius 2 is 1.56 bits per heavy atom. The number of anilines is 1. The molecular weight excluding hydrogens is 421 g/mol. The number of sulfonamides is 1. The van der Waals surface area contributed by atoms with Gasteiger partial charge in [0.05, 0.1) is 11.4 Å². The molecule has 0 fully saturated rings. The summed E-state index contributed by atoms with van der Waals surface area (Å²) < 4.78 is 27.8. The molecule has 1 N–H and O–H groups in total. The number of hydrogen-bond acceptors (Lipinski definition) is 3. The van der Waals surface area contributed by atoms with Crippen molar-refractivity contribution < 1.29 is 8.42 Å². The van der Waals surface area contributed by atoms with Gasteiger partial charge < -0.3 is 0 Å². The second-order valence-corrected chi connectivity index (χ2v) is 9.51. The van der Waals surface area contributed by atoms with Crippen LogP contribution in [0.3, 0.4) is 0 Å². The summed E-state index contributed by atoms with van der Waals surface area (Å²) in [5.74, 6) is 0.577. The number of hydrogen-bond donors (Lipinski definition) is 1. The van der Waals surface area contributed by atoms with Crippen LogP contribution in [-0.2, 0) is 21.5 Å². The van der Waals surface area contributed by atoms with Crippen molar-refractivity contribution in [1.29, 1.82) is 0 Å². The minimum Gasteiger partial charge on any atom is -0.282 e. The number of nitrogens with one attached hydrogen (secondary N) is 1. The lowest BCUT2D eigenvalue weighted by molar-refractivity contribution is 0.600. The van der Waals surface area contributed by atoms with Crippen molar-refractivity contribution in [3.63, 3.8) is 0 Å². The van der Waals surface area contributed by atoms with E-state index in [1.54, 1.807) is 42.1 Å². The normalized spacial score (nSPS) is 11.3. The van der Waals surface area contributed by atoms with Crippen LogP contribution in [0, 0.1) is 0 Å². The summed E-state index contributed by atoms with van der Waals surface area (Å²) in [7, 11) is -3.55. The van der Waals surface area contributed by atoms with Gasteiger partial charge in [0.15, 0.2) is 0 Å². The number of halogens is 2. The SMILES string of the molecule is O=S(=O)(Cc1cccc(Cl)c1)Nc1ccccc1SCc1ccc(Cl)cc1. The van der Waals surface area contributed by atoms with Crippen molar-refractivity contribution in [1.82, 2.24) is 0 Å². The molecule has 3 aromatic rings. The minimum absolute atomic E-state index is 0.135. The van der Waals surface area contributed by atoms with Gasteiger partial charge in [-0.1, -0.05) is 59.6 Å². The van der Waals surface area contributed by atoms with E-state index in [0.717, 1.165) is 10.5 Å². The molecule has 0 heterocycles. The summed E-state index contributed by atoms with van der Waals surface area (Å²) in [4.78, 5) is 0.863. The number of benzene rings is 3. The van der Waals surface area contributed by atoms with E-state index >= 15 is 0 Å². The van der Waals surface area contributed by atoms with Crippen LogP contribution in [0.15, 0.2) is 77.7 Å². The fourth-order valence-corrected chi connectivity index (χ4v) is 5.04. The van der Waals surface area contributed by atoms with Gasteiger partial charge in [-0.05, 0) is 47.5 Å². The summed E-state index contributed by atoms with van der Waals surface area (Å²) in [6, 6.07) is 21.8. The zero-order valence-corrected chi connectivity index (χ0v) is 17.4. The second-order valence-electron chi connectivity index (χ2n) is 5.90. The Labute approximate surface area is 173 Å². The average molecular weight is 438 g/mol. The predicted molar refractivity (Wildman–Crippen MR) is 115 cm³/mol. The molecular formula is C20H17Cl2NO2S2. The Kier molecular flexibility index (Phi) is 6.71. The van der Waals surface area contributed by atoms with Crippen LogP contribution >= 0.6 is 35.0 Å². The molecule has 27 heavy (non-hydrogen) atoms. The maximum absolute atomic E-state index is 12.6. The molecule has 0 aliphatic rings. The molecule has 0 saturated carbocycles. The summed E-state index contributed by atoms with van der Waals surface area (Å²) in [6.07, 6.45) is 0. The highest BCUT2D eigenvalue weighted by Crippen LogP contribution is 2.31. The number of para-hydroxylation sites is 1. The molecule has 3 nitrogen and oxygen atoms in total. The van der Waals surface area contributed by atoms with Gasteiger partial charge in [0.2, 0.25) is 10.0 Å². The molecule has 7 heteroatoms. The van der Waals surface area contributed by atoms with Gasteiger partial charge in [-0.3, -0.25) is 4.72 Å². The standard InChI is InChI=1S/C20H17Cl2NO2S2/c21-17-10-8-15(9-11-17)13-26-20-7-2-1-6-19(20)23-27(24,25)14-16-4-3-5-18(22)12-16/h1-12,23H,13-14H2. The molecule has 140 valence electrons. The van der Waals surface area contributed by atoms with E-state index < -0.39 is 10.0 Å². The summed E-state index contributed by atoms with van der Waals surface area (Å²) in [5.41, 5.74) is 2.32. The first kappa shape index (κ1) is 20.1. The molecule has 3 aromatic carbocycles. The summed E-state index contributed by atoms with van der Waals surface area (Å²) in [5, 5.41) is 1.21. The molecule has 0 saturated heterocycles. The van der Waals surface area contributed by atoms with E-state index in [2.05, 4.69) is 4.72 Å². The lowest BCUT2D eigenvalue weighted by atomic mass is 10.2. The maximum atomic E-state index is 12.6. The van der Waals surface area contributed by atoms with Crippen LogP contribution in [0.25, 0.3) is 0 Å². The monoisotopic (exact) mass is 437 g/mol. The highest BCUT2D eigenvalue weighted by molar-refractivity contribution is 7.98. The average Bonchev–Trinajstić information content (AvgIpc) is 2.61. The first-order valence-corrected chi connectivity index (χ1v) is 11.5. The molecule has 0 spiro atoms. The quantitative estimate of drug-likeness (QED) is 0.445. The van der Waals surface area contributed by atoms with Crippen LogP contribution in [0.5, 0.6) is 0 Å². The Morgan fingerprint density at radius 1 is 0.815 bits per heavy atom. The van der Waals surface area contributed by atoms with Gasteiger partial charge in [0.1, 0.15) is 0 Å². The first-order valence-electron chi connectivity index (χ1n) is 8.12. The molecule has 0 unspecified atom stereocenters. The third-order valence-electron chi connectivity index (χ3n) is 3.71. The number of rotatable bonds is 7. The van der Waals surface area contributed by atoms with Gasteiger partial charge >= 0.3 is 0 Å². The van der Waals surface area contributed by atoms with Crippen LogP contribution in [-0.4, -0.2) is 8.42 Å². The van der Waals surface area contributed by atoms with Gasteiger partial charge in [-0.25, -0.2) is 8.42 Å². The molecule has 0 amide bonds. The van der Waals surface area contributed by atoms with Crippen LogP contribution in [0.1, 0.15) is 11.1 Å². The van der Waals surface area contributed by atoms with Crippen LogP contribution in [0.4, 0.5) is 5.69 Å². The van der Waals surface area contributed by atoms with Crippen molar-refractivity contribution in [2.45, 2.75) is 16.4 Å². The zero-order chi connectivity index (χ0) is 19.3. The van der Waals surface area contributed by atoms with E-state index in [1.165, 1.54) is 0 Å². The topological polar surface area (TPSA) is 46.2 Å². The van der Waals surface area contributed by atoms with Crippen LogP contribution in [0.2, 0.25) is 10.0 Å². The number of thioether (sulfide) groups is 1. The summed E-state index contributed by atoms with van der Waals surface area (Å²) in [6.45, 7) is 0. The van der Waals surface area contributed by atoms with E-state index in [0.29, 0.717) is 27.0 Å². The fraction of sp³-hybridized carbons (Fsp3) is 0.100. The molecule has 0 aliphatic heterocycles.